The summed E-state index contributed by atoms with van der Waals surface area (Å²) in [6.45, 7) is 4.11. The molecule has 0 unspecified atom stereocenters. The van der Waals surface area contributed by atoms with Crippen LogP contribution >= 0.6 is 15.9 Å². The molecule has 0 fully saturated rings. The van der Waals surface area contributed by atoms with Crippen molar-refractivity contribution in [1.82, 2.24) is 4.90 Å². The van der Waals surface area contributed by atoms with Crippen LogP contribution in [0.5, 0.6) is 0 Å². The lowest BCUT2D eigenvalue weighted by Crippen LogP contribution is -2.31. The Hall–Kier alpha value is -1.36. The van der Waals surface area contributed by atoms with E-state index in [1.807, 2.05) is 24.3 Å². The lowest BCUT2D eigenvalue weighted by atomic mass is 9.85. The number of carbonyl (C=O) groups excluding carboxylic acids is 1. The van der Waals surface area contributed by atoms with Crippen LogP contribution in [0.1, 0.15) is 32.3 Å². The molecule has 1 rings (SSSR count). The smallest absolute Gasteiger partial charge is 0.303 e. The van der Waals surface area contributed by atoms with E-state index in [4.69, 9.17) is 5.11 Å². The number of hydrogen-bond acceptors (Lipinski definition) is 2. The van der Waals surface area contributed by atoms with E-state index in [1.54, 1.807) is 25.8 Å². The first-order valence-electron chi connectivity index (χ1n) is 6.40. The van der Waals surface area contributed by atoms with Crippen molar-refractivity contribution < 1.29 is 14.7 Å². The third-order valence-corrected chi connectivity index (χ3v) is 3.49. The third kappa shape index (κ3) is 5.74. The minimum Gasteiger partial charge on any atom is -0.481 e. The molecule has 1 N–H and O–H groups in total. The molecule has 110 valence electrons. The average Bonchev–Trinajstić information content (AvgIpc) is 2.26. The normalized spacial score (nSPS) is 11.2. The van der Waals surface area contributed by atoms with Crippen LogP contribution in [0.4, 0.5) is 0 Å². The third-order valence-electron chi connectivity index (χ3n) is 2.99. The number of hydrogen-bond donors (Lipinski definition) is 1. The molecule has 5 heteroatoms. The molecule has 0 aromatic heterocycles. The summed E-state index contributed by atoms with van der Waals surface area (Å²) in [6.07, 6.45) is 0.216. The number of amides is 1. The molecule has 4 nitrogen and oxygen atoms in total. The van der Waals surface area contributed by atoms with Gasteiger partial charge in [0.1, 0.15) is 0 Å². The predicted octanol–water partition coefficient (Wildman–Crippen LogP) is 3.30. The highest BCUT2D eigenvalue weighted by Gasteiger charge is 2.26. The van der Waals surface area contributed by atoms with Crippen molar-refractivity contribution in [2.45, 2.75) is 33.2 Å². The highest BCUT2D eigenvalue weighted by atomic mass is 79.9. The zero-order valence-corrected chi connectivity index (χ0v) is 13.6. The first-order chi connectivity index (χ1) is 9.19. The van der Waals surface area contributed by atoms with Crippen LogP contribution in [0, 0.1) is 5.41 Å². The zero-order chi connectivity index (χ0) is 15.3. The fourth-order valence-corrected chi connectivity index (χ4v) is 2.46. The fourth-order valence-electron chi connectivity index (χ4n) is 2.01. The molecule has 0 heterocycles. The zero-order valence-electron chi connectivity index (χ0n) is 12.0. The van der Waals surface area contributed by atoms with Gasteiger partial charge in [-0.3, -0.25) is 9.59 Å². The molecule has 1 amide bonds. The van der Waals surface area contributed by atoms with E-state index < -0.39 is 11.4 Å². The number of halogens is 1. The number of carbonyl (C=O) groups is 2. The summed E-state index contributed by atoms with van der Waals surface area (Å²) < 4.78 is 0.974. The highest BCUT2D eigenvalue weighted by Crippen LogP contribution is 2.26. The molecule has 0 spiro atoms. The number of rotatable bonds is 6. The molecule has 1 aromatic rings. The van der Waals surface area contributed by atoms with Crippen LogP contribution in [-0.2, 0) is 16.1 Å². The van der Waals surface area contributed by atoms with Crippen molar-refractivity contribution >= 4 is 27.8 Å². The van der Waals surface area contributed by atoms with Gasteiger partial charge in [0, 0.05) is 24.5 Å². The minimum absolute atomic E-state index is 0.0105. The Morgan fingerprint density at radius 1 is 1.30 bits per heavy atom. The molecule has 0 saturated heterocycles. The van der Waals surface area contributed by atoms with Gasteiger partial charge in [-0.25, -0.2) is 0 Å². The van der Waals surface area contributed by atoms with Crippen molar-refractivity contribution in [1.29, 1.82) is 0 Å². The molecule has 20 heavy (non-hydrogen) atoms. The number of benzene rings is 1. The maximum Gasteiger partial charge on any atom is 0.303 e. The molecule has 0 aliphatic carbocycles. The number of carboxylic acids is 1. The van der Waals surface area contributed by atoms with Crippen LogP contribution in [0.2, 0.25) is 0 Å². The second-order valence-corrected chi connectivity index (χ2v) is 6.71. The van der Waals surface area contributed by atoms with Gasteiger partial charge in [0.15, 0.2) is 0 Å². The first kappa shape index (κ1) is 16.7. The van der Waals surface area contributed by atoms with Crippen molar-refractivity contribution in [3.63, 3.8) is 0 Å². The molecule has 0 bridgehead atoms. The Bertz CT molecular complexity index is 500. The Morgan fingerprint density at radius 2 is 1.95 bits per heavy atom. The van der Waals surface area contributed by atoms with E-state index in [0.717, 1.165) is 10.0 Å². The molecule has 0 radical (unpaired) electrons. The molecule has 1 aromatic carbocycles. The van der Waals surface area contributed by atoms with Crippen LogP contribution in [0.3, 0.4) is 0 Å². The number of nitrogens with zero attached hydrogens (tertiary/aromatic N) is 1. The van der Waals surface area contributed by atoms with Gasteiger partial charge < -0.3 is 10.0 Å². The van der Waals surface area contributed by atoms with Crippen LogP contribution < -0.4 is 0 Å². The Morgan fingerprint density at radius 3 is 2.50 bits per heavy atom. The van der Waals surface area contributed by atoms with Crippen LogP contribution in [0.15, 0.2) is 28.7 Å². The molecular weight excluding hydrogens is 322 g/mol. The standard InChI is InChI=1S/C15H20BrNO3/c1-15(2,9-14(19)20)8-13(18)17(3)10-11-5-4-6-12(16)7-11/h4-7H,8-10H2,1-3H3,(H,19,20). The van der Waals surface area contributed by atoms with Crippen LogP contribution in [-0.4, -0.2) is 28.9 Å². The predicted molar refractivity (Wildman–Crippen MR) is 81.3 cm³/mol. The molecule has 0 atom stereocenters. The van der Waals surface area contributed by atoms with Gasteiger partial charge >= 0.3 is 5.97 Å². The van der Waals surface area contributed by atoms with Crippen LogP contribution in [0.25, 0.3) is 0 Å². The van der Waals surface area contributed by atoms with E-state index in [0.29, 0.717) is 6.54 Å². The second-order valence-electron chi connectivity index (χ2n) is 5.79. The van der Waals surface area contributed by atoms with Gasteiger partial charge in [-0.2, -0.15) is 0 Å². The van der Waals surface area contributed by atoms with Gasteiger partial charge in [0.2, 0.25) is 5.91 Å². The van der Waals surface area contributed by atoms with Gasteiger partial charge in [-0.05, 0) is 23.1 Å². The summed E-state index contributed by atoms with van der Waals surface area (Å²) in [5.41, 5.74) is 0.500. The lowest BCUT2D eigenvalue weighted by molar-refractivity contribution is -0.140. The quantitative estimate of drug-likeness (QED) is 0.863. The van der Waals surface area contributed by atoms with E-state index in [-0.39, 0.29) is 18.7 Å². The van der Waals surface area contributed by atoms with Crippen molar-refractivity contribution in [3.05, 3.63) is 34.3 Å². The lowest BCUT2D eigenvalue weighted by Gasteiger charge is -2.25. The number of aliphatic carboxylic acids is 1. The highest BCUT2D eigenvalue weighted by molar-refractivity contribution is 9.10. The maximum atomic E-state index is 12.2. The monoisotopic (exact) mass is 341 g/mol. The average molecular weight is 342 g/mol. The molecule has 0 aliphatic rings. The SMILES string of the molecule is CN(Cc1cccc(Br)c1)C(=O)CC(C)(C)CC(=O)O. The van der Waals surface area contributed by atoms with E-state index in [1.165, 1.54) is 0 Å². The number of carboxylic acid groups (broad SMARTS) is 1. The summed E-state index contributed by atoms with van der Waals surface area (Å²) in [7, 11) is 1.74. The van der Waals surface area contributed by atoms with Crippen molar-refractivity contribution in [2.75, 3.05) is 7.05 Å². The largest absolute Gasteiger partial charge is 0.481 e. The topological polar surface area (TPSA) is 57.6 Å². The Balaban J connectivity index is 2.61. The van der Waals surface area contributed by atoms with Gasteiger partial charge in [-0.1, -0.05) is 41.9 Å². The van der Waals surface area contributed by atoms with Gasteiger partial charge in [-0.15, -0.1) is 0 Å². The molecule has 0 aliphatic heterocycles. The molecule has 0 saturated carbocycles. The molecular formula is C15H20BrNO3. The van der Waals surface area contributed by atoms with E-state index >= 15 is 0 Å². The van der Waals surface area contributed by atoms with E-state index in [2.05, 4.69) is 15.9 Å². The van der Waals surface area contributed by atoms with Gasteiger partial charge in [0.25, 0.3) is 0 Å². The summed E-state index contributed by atoms with van der Waals surface area (Å²) in [4.78, 5) is 24.5. The van der Waals surface area contributed by atoms with E-state index in [9.17, 15) is 9.59 Å². The second kappa shape index (κ2) is 6.88. The van der Waals surface area contributed by atoms with Crippen molar-refractivity contribution in [3.8, 4) is 0 Å². The summed E-state index contributed by atoms with van der Waals surface area (Å²) >= 11 is 3.40. The summed E-state index contributed by atoms with van der Waals surface area (Å²) in [5, 5.41) is 8.84. The minimum atomic E-state index is -0.877. The first-order valence-corrected chi connectivity index (χ1v) is 7.19. The fraction of sp³-hybridized carbons (Fsp3) is 0.467. The summed E-state index contributed by atoms with van der Waals surface area (Å²) in [5.74, 6) is -0.923. The summed E-state index contributed by atoms with van der Waals surface area (Å²) in [6, 6.07) is 7.77. The van der Waals surface area contributed by atoms with Crippen molar-refractivity contribution in [2.24, 2.45) is 5.41 Å². The Kier molecular flexibility index (Phi) is 5.74. The Labute approximate surface area is 127 Å². The van der Waals surface area contributed by atoms with Gasteiger partial charge in [0.05, 0.1) is 6.42 Å². The maximum absolute atomic E-state index is 12.2.